The van der Waals surface area contributed by atoms with Crippen LogP contribution in [0.2, 0.25) is 0 Å². The van der Waals surface area contributed by atoms with Crippen LogP contribution in [0.5, 0.6) is 0 Å². The molecule has 2 rings (SSSR count). The van der Waals surface area contributed by atoms with Crippen LogP contribution in [0, 0.1) is 0 Å². The summed E-state index contributed by atoms with van der Waals surface area (Å²) in [6.07, 6.45) is -0.360. The Morgan fingerprint density at radius 1 is 1.25 bits per heavy atom. The Labute approximate surface area is 140 Å². The van der Waals surface area contributed by atoms with Gasteiger partial charge in [0.25, 0.3) is 11.8 Å². The summed E-state index contributed by atoms with van der Waals surface area (Å²) in [6.45, 7) is 5.29. The number of piperidine rings is 1. The predicted octanol–water partition coefficient (Wildman–Crippen LogP) is 2.16. The molecule has 1 unspecified atom stereocenters. The Morgan fingerprint density at radius 3 is 2.54 bits per heavy atom. The molecular weight excluding hydrogens is 312 g/mol. The molecule has 0 radical (unpaired) electrons. The van der Waals surface area contributed by atoms with Crippen molar-refractivity contribution in [3.05, 3.63) is 35.9 Å². The molecule has 1 aliphatic heterocycles. The van der Waals surface area contributed by atoms with E-state index in [0.29, 0.717) is 0 Å². The van der Waals surface area contributed by atoms with Crippen LogP contribution >= 0.6 is 0 Å². The van der Waals surface area contributed by atoms with Crippen LogP contribution in [0.15, 0.2) is 30.3 Å². The Balaban J connectivity index is 1.95. The highest BCUT2D eigenvalue weighted by molar-refractivity contribution is 6.00. The lowest BCUT2D eigenvalue weighted by molar-refractivity contribution is -0.204. The van der Waals surface area contributed by atoms with E-state index in [1.807, 2.05) is 30.3 Å². The maximum absolute atomic E-state index is 12.4. The number of carbonyl (C=O) groups excluding carboxylic acids is 3. The van der Waals surface area contributed by atoms with Crippen LogP contribution in [0.25, 0.3) is 0 Å². The van der Waals surface area contributed by atoms with Crippen molar-refractivity contribution < 1.29 is 24.0 Å². The topological polar surface area (TPSA) is 84.9 Å². The lowest BCUT2D eigenvalue weighted by Gasteiger charge is -2.30. The van der Waals surface area contributed by atoms with E-state index in [0.717, 1.165) is 10.6 Å². The molecule has 1 aromatic rings. The summed E-state index contributed by atoms with van der Waals surface area (Å²) in [6, 6.07) is 8.36. The fraction of sp³-hybridized carbons (Fsp3) is 0.471. The monoisotopic (exact) mass is 334 g/mol. The van der Waals surface area contributed by atoms with Gasteiger partial charge in [0.15, 0.2) is 0 Å². The molecule has 1 heterocycles. The van der Waals surface area contributed by atoms with Gasteiger partial charge in [0, 0.05) is 6.42 Å². The summed E-state index contributed by atoms with van der Waals surface area (Å²) in [7, 11) is 0. The van der Waals surface area contributed by atoms with Gasteiger partial charge in [-0.25, -0.2) is 4.79 Å². The molecule has 0 spiro atoms. The van der Waals surface area contributed by atoms with Gasteiger partial charge in [-0.15, -0.1) is 0 Å². The number of nitrogens with zero attached hydrogens (tertiary/aromatic N) is 1. The smallest absolute Gasteiger partial charge is 0.408 e. The average molecular weight is 334 g/mol. The first-order valence-corrected chi connectivity index (χ1v) is 7.79. The molecule has 3 amide bonds. The second-order valence-corrected chi connectivity index (χ2v) is 6.52. The van der Waals surface area contributed by atoms with Crippen LogP contribution in [0.1, 0.15) is 39.2 Å². The van der Waals surface area contributed by atoms with Gasteiger partial charge in [-0.1, -0.05) is 30.3 Å². The van der Waals surface area contributed by atoms with Crippen LogP contribution in [-0.4, -0.2) is 34.6 Å². The van der Waals surface area contributed by atoms with Gasteiger partial charge >= 0.3 is 6.09 Å². The maximum Gasteiger partial charge on any atom is 0.408 e. The first-order valence-electron chi connectivity index (χ1n) is 7.79. The van der Waals surface area contributed by atoms with E-state index in [1.165, 1.54) is 0 Å². The van der Waals surface area contributed by atoms with Crippen LogP contribution in [-0.2, 0) is 25.8 Å². The lowest BCUT2D eigenvalue weighted by atomic mass is 10.1. The number of carbonyl (C=O) groups is 3. The molecule has 1 aliphatic rings. The largest absolute Gasteiger partial charge is 0.444 e. The van der Waals surface area contributed by atoms with E-state index in [1.54, 1.807) is 20.8 Å². The molecule has 1 atom stereocenters. The van der Waals surface area contributed by atoms with Crippen LogP contribution in [0.3, 0.4) is 0 Å². The van der Waals surface area contributed by atoms with E-state index >= 15 is 0 Å². The minimum Gasteiger partial charge on any atom is -0.444 e. The molecule has 1 saturated heterocycles. The van der Waals surface area contributed by atoms with Crippen molar-refractivity contribution in [2.75, 3.05) is 0 Å². The molecule has 0 saturated carbocycles. The summed E-state index contributed by atoms with van der Waals surface area (Å²) in [5.74, 6) is -1.01. The first kappa shape index (κ1) is 17.9. The number of alkyl carbamates (subject to hydrolysis) is 1. The average Bonchev–Trinajstić information content (AvgIpc) is 2.49. The minimum atomic E-state index is -0.840. The molecule has 0 aliphatic carbocycles. The lowest BCUT2D eigenvalue weighted by Crippen LogP contribution is -2.54. The molecule has 130 valence electrons. The number of nitrogens with one attached hydrogen (secondary N) is 1. The molecular formula is C17H22N2O5. The molecule has 1 N–H and O–H groups in total. The summed E-state index contributed by atoms with van der Waals surface area (Å²) in [5.41, 5.74) is 0.168. The quantitative estimate of drug-likeness (QED) is 0.853. The molecule has 0 aromatic heterocycles. The molecule has 7 nitrogen and oxygen atoms in total. The van der Waals surface area contributed by atoms with Gasteiger partial charge in [0.1, 0.15) is 18.2 Å². The standard InChI is InChI=1S/C17H22N2O5/c1-17(2,3)24-16(22)18-13-9-10-14(20)19(15(13)21)23-11-12-7-5-4-6-8-12/h4-8,13H,9-11H2,1-3H3,(H,18,22). The van der Waals surface area contributed by atoms with E-state index in [4.69, 9.17) is 9.57 Å². The van der Waals surface area contributed by atoms with Gasteiger partial charge in [-0.05, 0) is 32.8 Å². The molecule has 1 aromatic carbocycles. The van der Waals surface area contributed by atoms with Crippen LogP contribution in [0.4, 0.5) is 4.79 Å². The molecule has 24 heavy (non-hydrogen) atoms. The highest BCUT2D eigenvalue weighted by Gasteiger charge is 2.37. The normalized spacial score (nSPS) is 18.5. The number of imide groups is 1. The number of ether oxygens (including phenoxy) is 1. The van der Waals surface area contributed by atoms with Crippen molar-refractivity contribution in [3.8, 4) is 0 Å². The minimum absolute atomic E-state index is 0.0947. The van der Waals surface area contributed by atoms with E-state index in [-0.39, 0.29) is 19.4 Å². The third-order valence-electron chi connectivity index (χ3n) is 3.27. The summed E-state index contributed by atoms with van der Waals surface area (Å²) in [4.78, 5) is 41.4. The van der Waals surface area contributed by atoms with Crippen molar-refractivity contribution in [2.45, 2.75) is 51.9 Å². The highest BCUT2D eigenvalue weighted by atomic mass is 16.7. The molecule has 7 heteroatoms. The summed E-state index contributed by atoms with van der Waals surface area (Å²) >= 11 is 0. The third-order valence-corrected chi connectivity index (χ3v) is 3.27. The maximum atomic E-state index is 12.4. The fourth-order valence-electron chi connectivity index (χ4n) is 2.19. The molecule has 0 bridgehead atoms. The zero-order chi connectivity index (χ0) is 17.7. The van der Waals surface area contributed by atoms with Gasteiger partial charge in [0.2, 0.25) is 0 Å². The van der Waals surface area contributed by atoms with Gasteiger partial charge < -0.3 is 10.1 Å². The van der Waals surface area contributed by atoms with E-state index < -0.39 is 29.6 Å². The zero-order valence-electron chi connectivity index (χ0n) is 14.1. The molecule has 1 fully saturated rings. The highest BCUT2D eigenvalue weighted by Crippen LogP contribution is 2.16. The van der Waals surface area contributed by atoms with Crippen molar-refractivity contribution in [3.63, 3.8) is 0 Å². The van der Waals surface area contributed by atoms with Crippen molar-refractivity contribution >= 4 is 17.9 Å². The van der Waals surface area contributed by atoms with Crippen molar-refractivity contribution in [2.24, 2.45) is 0 Å². The van der Waals surface area contributed by atoms with Crippen molar-refractivity contribution in [1.82, 2.24) is 10.4 Å². The van der Waals surface area contributed by atoms with Gasteiger partial charge in [0.05, 0.1) is 0 Å². The van der Waals surface area contributed by atoms with E-state index in [9.17, 15) is 14.4 Å². The van der Waals surface area contributed by atoms with Gasteiger partial charge in [-0.2, -0.15) is 5.06 Å². The number of rotatable bonds is 4. The summed E-state index contributed by atoms with van der Waals surface area (Å²) in [5, 5.41) is 3.22. The number of hydrogen-bond acceptors (Lipinski definition) is 5. The summed E-state index contributed by atoms with van der Waals surface area (Å²) < 4.78 is 5.13. The second-order valence-electron chi connectivity index (χ2n) is 6.52. The number of benzene rings is 1. The van der Waals surface area contributed by atoms with Crippen LogP contribution < -0.4 is 5.32 Å². The third kappa shape index (κ3) is 5.06. The zero-order valence-corrected chi connectivity index (χ0v) is 14.1. The number of hydroxylamine groups is 2. The number of amides is 3. The van der Waals surface area contributed by atoms with Crippen molar-refractivity contribution in [1.29, 1.82) is 0 Å². The second kappa shape index (κ2) is 7.44. The Hall–Kier alpha value is -2.41. The van der Waals surface area contributed by atoms with Gasteiger partial charge in [-0.3, -0.25) is 14.4 Å². The SMILES string of the molecule is CC(C)(C)OC(=O)NC1CCC(=O)N(OCc2ccccc2)C1=O. The van der Waals surface area contributed by atoms with E-state index in [2.05, 4.69) is 5.32 Å². The Kier molecular flexibility index (Phi) is 5.56. The number of hydrogen-bond donors (Lipinski definition) is 1. The predicted molar refractivity (Wildman–Crippen MR) is 85.5 cm³/mol. The fourth-order valence-corrected chi connectivity index (χ4v) is 2.19. The Morgan fingerprint density at radius 2 is 1.92 bits per heavy atom. The first-order chi connectivity index (χ1) is 11.3. The Bertz CT molecular complexity index is 609.